The second-order valence-electron chi connectivity index (χ2n) is 4.70. The third kappa shape index (κ3) is 4.23. The van der Waals surface area contributed by atoms with Crippen molar-refractivity contribution in [1.29, 1.82) is 0 Å². The molecule has 2 aromatic carbocycles. The van der Waals surface area contributed by atoms with Gasteiger partial charge >= 0.3 is 5.97 Å². The summed E-state index contributed by atoms with van der Waals surface area (Å²) in [7, 11) is 0. The molecule has 23 heavy (non-hydrogen) atoms. The fourth-order valence-electron chi connectivity index (χ4n) is 1.97. The standard InChI is InChI=1S/C17H14FNO4/c1-2-12(13-6-8-15(18)9-7-13)11-23-17(20)14-4-3-5-16(10-14)19(21)22/h2-10H,11H2,1H3/b12-2+. The maximum absolute atomic E-state index is 12.9. The fraction of sp³-hybridized carbons (Fsp3) is 0.118. The number of benzene rings is 2. The summed E-state index contributed by atoms with van der Waals surface area (Å²) >= 11 is 0. The first-order chi connectivity index (χ1) is 11.0. The van der Waals surface area contributed by atoms with Crippen molar-refractivity contribution >= 4 is 17.2 Å². The van der Waals surface area contributed by atoms with Gasteiger partial charge in [0.05, 0.1) is 10.5 Å². The normalized spacial score (nSPS) is 11.1. The Morgan fingerprint density at radius 3 is 2.52 bits per heavy atom. The van der Waals surface area contributed by atoms with Crippen molar-refractivity contribution in [1.82, 2.24) is 0 Å². The third-order valence-corrected chi connectivity index (χ3v) is 3.21. The molecule has 0 spiro atoms. The molecule has 0 radical (unpaired) electrons. The lowest BCUT2D eigenvalue weighted by atomic mass is 10.1. The summed E-state index contributed by atoms with van der Waals surface area (Å²) in [6.07, 6.45) is 1.76. The van der Waals surface area contributed by atoms with Crippen molar-refractivity contribution in [3.63, 3.8) is 0 Å². The molecule has 6 heteroatoms. The van der Waals surface area contributed by atoms with Crippen molar-refractivity contribution in [2.24, 2.45) is 0 Å². The fourth-order valence-corrected chi connectivity index (χ4v) is 1.97. The smallest absolute Gasteiger partial charge is 0.338 e. The molecule has 0 aliphatic rings. The summed E-state index contributed by atoms with van der Waals surface area (Å²) < 4.78 is 18.1. The second kappa shape index (κ2) is 7.31. The Bertz CT molecular complexity index is 753. The van der Waals surface area contributed by atoms with Crippen LogP contribution in [0.5, 0.6) is 0 Å². The van der Waals surface area contributed by atoms with Crippen LogP contribution in [0.15, 0.2) is 54.6 Å². The number of nitro groups is 1. The summed E-state index contributed by atoms with van der Waals surface area (Å²) in [5.41, 5.74) is 1.38. The van der Waals surface area contributed by atoms with E-state index >= 15 is 0 Å². The number of esters is 1. The van der Waals surface area contributed by atoms with Crippen LogP contribution in [0, 0.1) is 15.9 Å². The van der Waals surface area contributed by atoms with E-state index in [1.807, 2.05) is 0 Å². The monoisotopic (exact) mass is 315 g/mol. The lowest BCUT2D eigenvalue weighted by Gasteiger charge is -2.09. The number of rotatable bonds is 5. The van der Waals surface area contributed by atoms with Crippen molar-refractivity contribution in [3.8, 4) is 0 Å². The second-order valence-corrected chi connectivity index (χ2v) is 4.70. The number of hydrogen-bond acceptors (Lipinski definition) is 4. The molecule has 0 saturated carbocycles. The Labute approximate surface area is 132 Å². The van der Waals surface area contributed by atoms with Gasteiger partial charge in [-0.25, -0.2) is 9.18 Å². The molecular formula is C17H14FNO4. The van der Waals surface area contributed by atoms with Gasteiger partial charge < -0.3 is 4.74 Å². The summed E-state index contributed by atoms with van der Waals surface area (Å²) in [6, 6.07) is 11.1. The molecule has 0 fully saturated rings. The van der Waals surface area contributed by atoms with E-state index in [9.17, 15) is 19.3 Å². The van der Waals surface area contributed by atoms with Gasteiger partial charge in [0.2, 0.25) is 0 Å². The molecule has 0 aliphatic heterocycles. The van der Waals surface area contributed by atoms with Gasteiger partial charge in [-0.1, -0.05) is 24.3 Å². The number of hydrogen-bond donors (Lipinski definition) is 0. The summed E-state index contributed by atoms with van der Waals surface area (Å²) in [4.78, 5) is 22.1. The molecule has 118 valence electrons. The van der Waals surface area contributed by atoms with Crippen LogP contribution in [-0.4, -0.2) is 17.5 Å². The van der Waals surface area contributed by atoms with Gasteiger partial charge in [-0.05, 0) is 36.3 Å². The quantitative estimate of drug-likeness (QED) is 0.475. The van der Waals surface area contributed by atoms with E-state index in [-0.39, 0.29) is 23.7 Å². The van der Waals surface area contributed by atoms with Crippen molar-refractivity contribution in [3.05, 3.63) is 81.7 Å². The van der Waals surface area contributed by atoms with Gasteiger partial charge in [0.1, 0.15) is 12.4 Å². The van der Waals surface area contributed by atoms with Crippen molar-refractivity contribution in [2.45, 2.75) is 6.92 Å². The van der Waals surface area contributed by atoms with E-state index in [1.165, 1.54) is 30.3 Å². The van der Waals surface area contributed by atoms with Crippen molar-refractivity contribution in [2.75, 3.05) is 6.61 Å². The maximum Gasteiger partial charge on any atom is 0.338 e. The Hall–Kier alpha value is -3.02. The average Bonchev–Trinajstić information content (AvgIpc) is 2.56. The molecule has 0 aliphatic carbocycles. The number of halogens is 1. The number of nitrogens with zero attached hydrogens (tertiary/aromatic N) is 1. The number of carbonyl (C=O) groups is 1. The van der Waals surface area contributed by atoms with Crippen LogP contribution in [0.25, 0.3) is 5.57 Å². The highest BCUT2D eigenvalue weighted by molar-refractivity contribution is 5.90. The van der Waals surface area contributed by atoms with Crippen LogP contribution in [0.1, 0.15) is 22.8 Å². The lowest BCUT2D eigenvalue weighted by Crippen LogP contribution is -2.08. The van der Waals surface area contributed by atoms with E-state index in [0.29, 0.717) is 5.57 Å². The lowest BCUT2D eigenvalue weighted by molar-refractivity contribution is -0.384. The van der Waals surface area contributed by atoms with Gasteiger partial charge in [-0.15, -0.1) is 0 Å². The first-order valence-corrected chi connectivity index (χ1v) is 6.84. The Morgan fingerprint density at radius 1 is 1.22 bits per heavy atom. The predicted octanol–water partition coefficient (Wildman–Crippen LogP) is 3.99. The highest BCUT2D eigenvalue weighted by Gasteiger charge is 2.13. The van der Waals surface area contributed by atoms with Gasteiger partial charge in [0, 0.05) is 12.1 Å². The zero-order valence-corrected chi connectivity index (χ0v) is 12.4. The number of ether oxygens (including phenoxy) is 1. The third-order valence-electron chi connectivity index (χ3n) is 3.21. The van der Waals surface area contributed by atoms with Crippen LogP contribution >= 0.6 is 0 Å². The maximum atomic E-state index is 12.9. The molecule has 0 amide bonds. The minimum absolute atomic E-state index is 0.0103. The first kappa shape index (κ1) is 16.4. The largest absolute Gasteiger partial charge is 0.457 e. The summed E-state index contributed by atoms with van der Waals surface area (Å²) in [5, 5.41) is 10.7. The van der Waals surface area contributed by atoms with E-state index in [0.717, 1.165) is 11.6 Å². The number of carbonyl (C=O) groups excluding carboxylic acids is 1. The average molecular weight is 315 g/mol. The van der Waals surface area contributed by atoms with Crippen LogP contribution in [0.4, 0.5) is 10.1 Å². The molecule has 0 heterocycles. The zero-order chi connectivity index (χ0) is 16.8. The first-order valence-electron chi connectivity index (χ1n) is 6.84. The zero-order valence-electron chi connectivity index (χ0n) is 12.4. The minimum atomic E-state index is -0.657. The van der Waals surface area contributed by atoms with E-state index in [4.69, 9.17) is 4.74 Å². The molecule has 0 unspecified atom stereocenters. The molecule has 0 bridgehead atoms. The molecular weight excluding hydrogens is 301 g/mol. The van der Waals surface area contributed by atoms with Crippen molar-refractivity contribution < 1.29 is 18.8 Å². The van der Waals surface area contributed by atoms with E-state index in [2.05, 4.69) is 0 Å². The molecule has 0 atom stereocenters. The summed E-state index contributed by atoms with van der Waals surface area (Å²) in [6.45, 7) is 1.77. The SMILES string of the molecule is C/C=C(\COC(=O)c1cccc([N+](=O)[O-])c1)c1ccc(F)cc1. The van der Waals surface area contributed by atoms with Gasteiger partial charge in [-0.3, -0.25) is 10.1 Å². The van der Waals surface area contributed by atoms with E-state index in [1.54, 1.807) is 25.1 Å². The summed E-state index contributed by atoms with van der Waals surface area (Å²) in [5.74, 6) is -1.01. The van der Waals surface area contributed by atoms with Crippen LogP contribution < -0.4 is 0 Å². The topological polar surface area (TPSA) is 69.4 Å². The number of non-ortho nitro benzene ring substituents is 1. The Morgan fingerprint density at radius 2 is 1.91 bits per heavy atom. The van der Waals surface area contributed by atoms with Gasteiger partial charge in [0.25, 0.3) is 5.69 Å². The minimum Gasteiger partial charge on any atom is -0.457 e. The van der Waals surface area contributed by atoms with Crippen LogP contribution in [0.2, 0.25) is 0 Å². The molecule has 0 aromatic heterocycles. The predicted molar refractivity (Wildman–Crippen MR) is 83.4 cm³/mol. The highest BCUT2D eigenvalue weighted by Crippen LogP contribution is 2.18. The van der Waals surface area contributed by atoms with Gasteiger partial charge in [-0.2, -0.15) is 0 Å². The Balaban J connectivity index is 2.07. The molecule has 0 saturated heterocycles. The van der Waals surface area contributed by atoms with Crippen LogP contribution in [0.3, 0.4) is 0 Å². The highest BCUT2D eigenvalue weighted by atomic mass is 19.1. The molecule has 2 rings (SSSR count). The van der Waals surface area contributed by atoms with Gasteiger partial charge in [0.15, 0.2) is 0 Å². The number of nitro benzene ring substituents is 1. The number of allylic oxidation sites excluding steroid dienone is 1. The van der Waals surface area contributed by atoms with E-state index < -0.39 is 10.9 Å². The Kier molecular flexibility index (Phi) is 5.19. The molecule has 5 nitrogen and oxygen atoms in total. The molecule has 2 aromatic rings. The molecule has 0 N–H and O–H groups in total. The van der Waals surface area contributed by atoms with Crippen LogP contribution in [-0.2, 0) is 4.74 Å².